The Bertz CT molecular complexity index is 833. The molecule has 1 atom stereocenters. The van der Waals surface area contributed by atoms with Gasteiger partial charge in [0.2, 0.25) is 0 Å². The number of rotatable bonds is 7. The Morgan fingerprint density at radius 2 is 1.79 bits per heavy atom. The van der Waals surface area contributed by atoms with Gasteiger partial charge in [0.05, 0.1) is 14.2 Å². The molecular formula is C23H29NO4. The molecule has 0 aliphatic heterocycles. The van der Waals surface area contributed by atoms with Crippen LogP contribution in [0.25, 0.3) is 0 Å². The number of amides is 1. The lowest BCUT2D eigenvalue weighted by Gasteiger charge is -2.25. The Morgan fingerprint density at radius 3 is 2.54 bits per heavy atom. The first-order valence-corrected chi connectivity index (χ1v) is 9.76. The first-order valence-electron chi connectivity index (χ1n) is 9.76. The summed E-state index contributed by atoms with van der Waals surface area (Å²) < 4.78 is 16.7. The van der Waals surface area contributed by atoms with Crippen molar-refractivity contribution in [1.29, 1.82) is 0 Å². The average Bonchev–Trinajstić information content (AvgIpc) is 2.73. The van der Waals surface area contributed by atoms with Gasteiger partial charge in [-0.2, -0.15) is 0 Å². The number of likely N-dealkylation sites (N-methyl/N-ethyl adjacent to an activating group) is 1. The lowest BCUT2D eigenvalue weighted by molar-refractivity contribution is -0.137. The molecule has 2 aromatic carbocycles. The minimum Gasteiger partial charge on any atom is -0.493 e. The van der Waals surface area contributed by atoms with E-state index in [0.29, 0.717) is 18.0 Å². The summed E-state index contributed by atoms with van der Waals surface area (Å²) in [7, 11) is 5.00. The zero-order chi connectivity index (χ0) is 20.1. The van der Waals surface area contributed by atoms with Crippen LogP contribution in [0.15, 0.2) is 36.4 Å². The lowest BCUT2D eigenvalue weighted by atomic mass is 9.91. The standard InChI is InChI=1S/C23H29NO4/c1-16(28-20-11-7-9-18-8-5-6-10-19(18)20)23(25)24(2)15-17-12-13-21(26-3)22(14-17)27-4/h7,9,11-14,16H,5-6,8,10,15H2,1-4H3/t16-/m0/s1. The van der Waals surface area contributed by atoms with Gasteiger partial charge in [-0.25, -0.2) is 0 Å². The maximum absolute atomic E-state index is 12.8. The van der Waals surface area contributed by atoms with Crippen molar-refractivity contribution in [3.8, 4) is 17.2 Å². The van der Waals surface area contributed by atoms with Crippen LogP contribution >= 0.6 is 0 Å². The van der Waals surface area contributed by atoms with Gasteiger partial charge in [-0.15, -0.1) is 0 Å². The number of fused-ring (bicyclic) bond motifs is 1. The monoisotopic (exact) mass is 383 g/mol. The molecule has 150 valence electrons. The fourth-order valence-electron chi connectivity index (χ4n) is 3.74. The zero-order valence-corrected chi connectivity index (χ0v) is 17.2. The summed E-state index contributed by atoms with van der Waals surface area (Å²) >= 11 is 0. The molecule has 0 heterocycles. The number of hydrogen-bond acceptors (Lipinski definition) is 4. The smallest absolute Gasteiger partial charge is 0.263 e. The van der Waals surface area contributed by atoms with Gasteiger partial charge in [0.1, 0.15) is 5.75 Å². The fourth-order valence-corrected chi connectivity index (χ4v) is 3.74. The third kappa shape index (κ3) is 4.41. The summed E-state index contributed by atoms with van der Waals surface area (Å²) in [5, 5.41) is 0. The summed E-state index contributed by atoms with van der Waals surface area (Å²) in [5.41, 5.74) is 3.58. The Labute approximate surface area is 167 Å². The van der Waals surface area contributed by atoms with Crippen molar-refractivity contribution in [2.75, 3.05) is 21.3 Å². The van der Waals surface area contributed by atoms with Crippen LogP contribution in [0.4, 0.5) is 0 Å². The van der Waals surface area contributed by atoms with Crippen molar-refractivity contribution >= 4 is 5.91 Å². The highest BCUT2D eigenvalue weighted by Gasteiger charge is 2.22. The molecular weight excluding hydrogens is 354 g/mol. The summed E-state index contributed by atoms with van der Waals surface area (Å²) in [6.07, 6.45) is 3.97. The number of benzene rings is 2. The molecule has 0 N–H and O–H groups in total. The van der Waals surface area contributed by atoms with Gasteiger partial charge in [0.15, 0.2) is 17.6 Å². The van der Waals surface area contributed by atoms with Gasteiger partial charge in [0.25, 0.3) is 5.91 Å². The molecule has 5 heteroatoms. The summed E-state index contributed by atoms with van der Waals surface area (Å²) in [6, 6.07) is 11.8. The van der Waals surface area contributed by atoms with Crippen LogP contribution in [0, 0.1) is 0 Å². The Hall–Kier alpha value is -2.69. The van der Waals surface area contributed by atoms with Gasteiger partial charge in [0, 0.05) is 13.6 Å². The fraction of sp³-hybridized carbons (Fsp3) is 0.435. The Morgan fingerprint density at radius 1 is 1.04 bits per heavy atom. The maximum atomic E-state index is 12.8. The van der Waals surface area contributed by atoms with Crippen molar-refractivity contribution in [1.82, 2.24) is 4.90 Å². The zero-order valence-electron chi connectivity index (χ0n) is 17.2. The number of hydrogen-bond donors (Lipinski definition) is 0. The van der Waals surface area contributed by atoms with Crippen LogP contribution in [0.3, 0.4) is 0 Å². The topological polar surface area (TPSA) is 48.0 Å². The molecule has 0 saturated carbocycles. The normalized spacial score (nSPS) is 14.0. The maximum Gasteiger partial charge on any atom is 0.263 e. The summed E-state index contributed by atoms with van der Waals surface area (Å²) in [6.45, 7) is 2.29. The molecule has 0 spiro atoms. The van der Waals surface area contributed by atoms with Crippen LogP contribution in [-0.2, 0) is 24.2 Å². The van der Waals surface area contributed by atoms with E-state index in [9.17, 15) is 4.79 Å². The van der Waals surface area contributed by atoms with Crippen molar-refractivity contribution in [3.05, 3.63) is 53.1 Å². The highest BCUT2D eigenvalue weighted by atomic mass is 16.5. The molecule has 0 bridgehead atoms. The predicted molar refractivity (Wildman–Crippen MR) is 109 cm³/mol. The largest absolute Gasteiger partial charge is 0.493 e. The predicted octanol–water partition coefficient (Wildman–Crippen LogP) is 4.01. The summed E-state index contributed by atoms with van der Waals surface area (Å²) in [5.74, 6) is 2.12. The number of methoxy groups -OCH3 is 2. The lowest BCUT2D eigenvalue weighted by Crippen LogP contribution is -2.37. The van der Waals surface area contributed by atoms with Gasteiger partial charge in [-0.3, -0.25) is 4.79 Å². The molecule has 1 amide bonds. The molecule has 2 aromatic rings. The quantitative estimate of drug-likeness (QED) is 0.725. The van der Waals surface area contributed by atoms with Gasteiger partial charge in [-0.05, 0) is 67.5 Å². The van der Waals surface area contributed by atoms with Crippen molar-refractivity contribution in [3.63, 3.8) is 0 Å². The molecule has 5 nitrogen and oxygen atoms in total. The number of carbonyl (C=O) groups is 1. The molecule has 3 rings (SSSR count). The molecule has 0 radical (unpaired) electrons. The Balaban J connectivity index is 1.66. The second-order valence-electron chi connectivity index (χ2n) is 7.24. The van der Waals surface area contributed by atoms with Gasteiger partial charge >= 0.3 is 0 Å². The molecule has 0 saturated heterocycles. The third-order valence-corrected chi connectivity index (χ3v) is 5.25. The molecule has 1 aliphatic rings. The first-order chi connectivity index (χ1) is 13.5. The SMILES string of the molecule is COc1ccc(CN(C)C(=O)[C@H](C)Oc2cccc3c2CCCC3)cc1OC. The van der Waals surface area contributed by atoms with E-state index in [0.717, 1.165) is 24.2 Å². The van der Waals surface area contributed by atoms with Crippen LogP contribution in [-0.4, -0.2) is 38.2 Å². The van der Waals surface area contributed by atoms with Gasteiger partial charge in [-0.1, -0.05) is 18.2 Å². The minimum atomic E-state index is -0.543. The van der Waals surface area contributed by atoms with Crippen LogP contribution < -0.4 is 14.2 Å². The van der Waals surface area contributed by atoms with Crippen LogP contribution in [0.2, 0.25) is 0 Å². The van der Waals surface area contributed by atoms with E-state index < -0.39 is 6.10 Å². The van der Waals surface area contributed by atoms with E-state index >= 15 is 0 Å². The number of carbonyl (C=O) groups excluding carboxylic acids is 1. The second-order valence-corrected chi connectivity index (χ2v) is 7.24. The third-order valence-electron chi connectivity index (χ3n) is 5.25. The van der Waals surface area contributed by atoms with E-state index in [-0.39, 0.29) is 5.91 Å². The van der Waals surface area contributed by atoms with Crippen LogP contribution in [0.5, 0.6) is 17.2 Å². The highest BCUT2D eigenvalue weighted by molar-refractivity contribution is 5.80. The van der Waals surface area contributed by atoms with E-state index in [1.807, 2.05) is 37.3 Å². The highest BCUT2D eigenvalue weighted by Crippen LogP contribution is 2.31. The van der Waals surface area contributed by atoms with E-state index in [4.69, 9.17) is 14.2 Å². The molecule has 28 heavy (non-hydrogen) atoms. The molecule has 0 unspecified atom stereocenters. The number of ether oxygens (including phenoxy) is 3. The van der Waals surface area contributed by atoms with Crippen molar-refractivity contribution < 1.29 is 19.0 Å². The minimum absolute atomic E-state index is 0.0526. The van der Waals surface area contributed by atoms with E-state index in [1.54, 1.807) is 26.2 Å². The average molecular weight is 383 g/mol. The molecule has 0 fully saturated rings. The Kier molecular flexibility index (Phi) is 6.45. The number of nitrogens with zero attached hydrogens (tertiary/aromatic N) is 1. The molecule has 1 aliphatic carbocycles. The van der Waals surface area contributed by atoms with Crippen molar-refractivity contribution in [2.24, 2.45) is 0 Å². The van der Waals surface area contributed by atoms with Gasteiger partial charge < -0.3 is 19.1 Å². The second kappa shape index (κ2) is 9.00. The first kappa shape index (κ1) is 20.1. The van der Waals surface area contributed by atoms with Crippen LogP contribution in [0.1, 0.15) is 36.5 Å². The molecule has 0 aromatic heterocycles. The number of aryl methyl sites for hydroxylation is 1. The van der Waals surface area contributed by atoms with E-state index in [1.165, 1.54) is 24.0 Å². The summed E-state index contributed by atoms with van der Waals surface area (Å²) in [4.78, 5) is 14.5. The van der Waals surface area contributed by atoms with Crippen molar-refractivity contribution in [2.45, 2.75) is 45.3 Å². The van der Waals surface area contributed by atoms with E-state index in [2.05, 4.69) is 6.07 Å².